The first-order valence-corrected chi connectivity index (χ1v) is 9.22. The number of rotatable bonds is 11. The van der Waals surface area contributed by atoms with E-state index < -0.39 is 29.6 Å². The number of benzene rings is 1. The van der Waals surface area contributed by atoms with Crippen LogP contribution in [0.3, 0.4) is 0 Å². The van der Waals surface area contributed by atoms with Crippen LogP contribution in [0.2, 0.25) is 0 Å². The van der Waals surface area contributed by atoms with Crippen molar-refractivity contribution in [3.63, 3.8) is 0 Å². The number of hydrogen-bond acceptors (Lipinski definition) is 8. The van der Waals surface area contributed by atoms with Crippen molar-refractivity contribution in [2.45, 2.75) is 26.1 Å². The summed E-state index contributed by atoms with van der Waals surface area (Å²) >= 11 is 0. The summed E-state index contributed by atoms with van der Waals surface area (Å²) in [5.41, 5.74) is -0.792. The van der Waals surface area contributed by atoms with Gasteiger partial charge in [0.05, 0.1) is 6.54 Å². The lowest BCUT2D eigenvalue weighted by atomic mass is 10.1. The highest BCUT2D eigenvalue weighted by molar-refractivity contribution is 5.81. The molecule has 30 heavy (non-hydrogen) atoms. The lowest BCUT2D eigenvalue weighted by molar-refractivity contribution is -0.175. The van der Waals surface area contributed by atoms with Gasteiger partial charge in [0, 0.05) is 13.6 Å². The van der Waals surface area contributed by atoms with E-state index in [2.05, 4.69) is 0 Å². The van der Waals surface area contributed by atoms with Crippen LogP contribution in [-0.4, -0.2) is 84.8 Å². The smallest absolute Gasteiger partial charge is 0.410 e. The molecule has 0 saturated heterocycles. The van der Waals surface area contributed by atoms with Gasteiger partial charge in [-0.1, -0.05) is 30.3 Å². The summed E-state index contributed by atoms with van der Waals surface area (Å²) in [5.74, 6) is -2.59. The molecule has 1 N–H and O–H groups in total. The summed E-state index contributed by atoms with van der Waals surface area (Å²) in [5, 5.41) is 8.94. The fraction of sp³-hybridized carbons (Fsp3) is 0.500. The fourth-order valence-electron chi connectivity index (χ4n) is 2.11. The first-order valence-electron chi connectivity index (χ1n) is 9.22. The van der Waals surface area contributed by atoms with E-state index in [4.69, 9.17) is 19.3 Å². The second-order valence-electron chi connectivity index (χ2n) is 7.14. The van der Waals surface area contributed by atoms with E-state index in [-0.39, 0.29) is 32.8 Å². The van der Waals surface area contributed by atoms with Crippen molar-refractivity contribution >= 4 is 24.0 Å². The maximum absolute atomic E-state index is 11.9. The minimum atomic E-state index is -1.62. The average molecular weight is 424 g/mol. The van der Waals surface area contributed by atoms with E-state index >= 15 is 0 Å². The Morgan fingerprint density at radius 1 is 0.967 bits per heavy atom. The van der Waals surface area contributed by atoms with Gasteiger partial charge in [0.15, 0.2) is 0 Å². The Balaban J connectivity index is 2.26. The lowest BCUT2D eigenvalue weighted by Gasteiger charge is -2.22. The molecule has 1 aromatic rings. The minimum Gasteiger partial charge on any atom is -0.478 e. The molecule has 10 heteroatoms. The number of carboxylic acids is 1. The molecule has 0 aromatic heterocycles. The Kier molecular flexibility index (Phi) is 9.76. The van der Waals surface area contributed by atoms with Gasteiger partial charge in [0.25, 0.3) is 0 Å². The van der Waals surface area contributed by atoms with E-state index in [0.717, 1.165) is 10.5 Å². The van der Waals surface area contributed by atoms with Crippen LogP contribution in [-0.2, 0) is 35.2 Å². The van der Waals surface area contributed by atoms with Crippen LogP contribution in [0.5, 0.6) is 0 Å². The number of carbonyl (C=O) groups is 4. The first-order chi connectivity index (χ1) is 14.0. The molecule has 0 heterocycles. The predicted octanol–water partition coefficient (Wildman–Crippen LogP) is 1.14. The zero-order valence-corrected chi connectivity index (χ0v) is 17.6. The van der Waals surface area contributed by atoms with E-state index in [1.54, 1.807) is 7.05 Å². The zero-order chi connectivity index (χ0) is 22.7. The molecule has 166 valence electrons. The van der Waals surface area contributed by atoms with E-state index in [1.165, 1.54) is 25.8 Å². The number of likely N-dealkylation sites (N-methyl/N-ethyl adjacent to an activating group) is 2. The second kappa shape index (κ2) is 11.8. The molecule has 0 aliphatic rings. The molecule has 0 aliphatic heterocycles. The highest BCUT2D eigenvalue weighted by atomic mass is 16.6. The lowest BCUT2D eigenvalue weighted by Crippen LogP contribution is -2.40. The Morgan fingerprint density at radius 3 is 2.20 bits per heavy atom. The molecule has 0 bridgehead atoms. The third-order valence-electron chi connectivity index (χ3n) is 3.90. The van der Waals surface area contributed by atoms with Gasteiger partial charge in [-0.05, 0) is 26.5 Å². The van der Waals surface area contributed by atoms with Gasteiger partial charge in [0.1, 0.15) is 19.8 Å². The third kappa shape index (κ3) is 9.37. The van der Waals surface area contributed by atoms with Gasteiger partial charge >= 0.3 is 24.0 Å². The number of carbonyl (C=O) groups excluding carboxylic acids is 3. The molecule has 1 amide bonds. The molecule has 0 saturated carbocycles. The molecule has 0 radical (unpaired) electrons. The minimum absolute atomic E-state index is 0.0160. The van der Waals surface area contributed by atoms with Crippen molar-refractivity contribution in [1.82, 2.24) is 9.80 Å². The molecular weight excluding hydrogens is 396 g/mol. The predicted molar refractivity (Wildman–Crippen MR) is 106 cm³/mol. The van der Waals surface area contributed by atoms with E-state index in [0.29, 0.717) is 0 Å². The van der Waals surface area contributed by atoms with Crippen molar-refractivity contribution in [2.24, 2.45) is 0 Å². The van der Waals surface area contributed by atoms with Crippen LogP contribution in [0, 0.1) is 0 Å². The fourth-order valence-corrected chi connectivity index (χ4v) is 2.11. The van der Waals surface area contributed by atoms with Crippen LogP contribution in [0.4, 0.5) is 4.79 Å². The van der Waals surface area contributed by atoms with Gasteiger partial charge in [-0.3, -0.25) is 14.5 Å². The summed E-state index contributed by atoms with van der Waals surface area (Å²) < 4.78 is 15.0. The molecule has 0 unspecified atom stereocenters. The highest BCUT2D eigenvalue weighted by Crippen LogP contribution is 2.09. The largest absolute Gasteiger partial charge is 0.478 e. The summed E-state index contributed by atoms with van der Waals surface area (Å²) in [6.45, 7) is 2.39. The average Bonchev–Trinajstić information content (AvgIpc) is 2.66. The molecule has 1 rings (SSSR count). The monoisotopic (exact) mass is 424 g/mol. The Morgan fingerprint density at radius 2 is 1.60 bits per heavy atom. The Bertz CT molecular complexity index is 736. The third-order valence-corrected chi connectivity index (χ3v) is 3.90. The Hall–Kier alpha value is -3.14. The molecule has 0 atom stereocenters. The van der Waals surface area contributed by atoms with Crippen LogP contribution in [0.15, 0.2) is 30.3 Å². The summed E-state index contributed by atoms with van der Waals surface area (Å²) in [4.78, 5) is 49.1. The van der Waals surface area contributed by atoms with Crippen LogP contribution < -0.4 is 0 Å². The highest BCUT2D eigenvalue weighted by Gasteiger charge is 2.31. The number of amides is 1. The summed E-state index contributed by atoms with van der Waals surface area (Å²) in [6.07, 6.45) is -0.656. The molecule has 0 aliphatic carbocycles. The van der Waals surface area contributed by atoms with Crippen molar-refractivity contribution in [3.8, 4) is 0 Å². The quantitative estimate of drug-likeness (QED) is 0.411. The number of carboxylic acid groups (broad SMARTS) is 1. The first kappa shape index (κ1) is 24.9. The van der Waals surface area contributed by atoms with E-state index in [1.807, 2.05) is 30.3 Å². The van der Waals surface area contributed by atoms with Crippen molar-refractivity contribution < 1.29 is 38.5 Å². The maximum Gasteiger partial charge on any atom is 0.410 e. The zero-order valence-electron chi connectivity index (χ0n) is 17.6. The number of aliphatic carboxylic acids is 1. The van der Waals surface area contributed by atoms with Crippen molar-refractivity contribution in [2.75, 3.05) is 40.3 Å². The summed E-state index contributed by atoms with van der Waals surface area (Å²) in [7, 11) is 3.01. The van der Waals surface area contributed by atoms with Crippen molar-refractivity contribution in [1.29, 1.82) is 0 Å². The van der Waals surface area contributed by atoms with Gasteiger partial charge in [-0.2, -0.15) is 0 Å². The molecule has 0 fully saturated rings. The SMILES string of the molecule is CN(CCOC(=O)CN(C)C(=O)OCc1ccccc1)CC(=O)OC(C)(C)C(=O)O. The van der Waals surface area contributed by atoms with Gasteiger partial charge in [-0.15, -0.1) is 0 Å². The normalized spacial score (nSPS) is 11.0. The standard InChI is InChI=1S/C20H28N2O8/c1-20(2,18(25)26)30-17(24)12-21(3)10-11-28-16(23)13-22(4)19(27)29-14-15-8-6-5-7-9-15/h5-9H,10-14H2,1-4H3,(H,25,26). The van der Waals surface area contributed by atoms with Gasteiger partial charge < -0.3 is 24.2 Å². The number of ether oxygens (including phenoxy) is 3. The van der Waals surface area contributed by atoms with Gasteiger partial charge in [-0.25, -0.2) is 9.59 Å². The van der Waals surface area contributed by atoms with Crippen LogP contribution in [0.1, 0.15) is 19.4 Å². The Labute approximate surface area is 175 Å². The van der Waals surface area contributed by atoms with Gasteiger partial charge in [0.2, 0.25) is 5.60 Å². The number of esters is 2. The maximum atomic E-state index is 11.9. The molecular formula is C20H28N2O8. The molecule has 0 spiro atoms. The topological polar surface area (TPSA) is 123 Å². The summed E-state index contributed by atoms with van der Waals surface area (Å²) in [6, 6.07) is 9.14. The second-order valence-corrected chi connectivity index (χ2v) is 7.14. The van der Waals surface area contributed by atoms with Crippen molar-refractivity contribution in [3.05, 3.63) is 35.9 Å². The van der Waals surface area contributed by atoms with Crippen LogP contribution in [0.25, 0.3) is 0 Å². The molecule has 10 nitrogen and oxygen atoms in total. The molecule has 1 aromatic carbocycles. The van der Waals surface area contributed by atoms with Crippen LogP contribution >= 0.6 is 0 Å². The number of hydrogen-bond donors (Lipinski definition) is 1. The number of nitrogens with zero attached hydrogens (tertiary/aromatic N) is 2. The van der Waals surface area contributed by atoms with E-state index in [9.17, 15) is 19.2 Å².